The molecule has 1 aromatic rings. The first-order chi connectivity index (χ1) is 11.1. The van der Waals surface area contributed by atoms with Gasteiger partial charge < -0.3 is 10.1 Å². The highest BCUT2D eigenvalue weighted by molar-refractivity contribution is 5.81. The van der Waals surface area contributed by atoms with Crippen molar-refractivity contribution in [1.29, 1.82) is 0 Å². The highest BCUT2D eigenvalue weighted by Gasteiger charge is 2.19. The third kappa shape index (κ3) is 5.89. The molecule has 0 saturated carbocycles. The number of ether oxygens (including phenoxy) is 1. The monoisotopic (exact) mass is 323 g/mol. The minimum Gasteiger partial charge on any atom is -0.379 e. The molecule has 1 aromatic carbocycles. The number of hydrogen-bond acceptors (Lipinski definition) is 4. The summed E-state index contributed by atoms with van der Waals surface area (Å²) in [6.45, 7) is 7.59. The van der Waals surface area contributed by atoms with E-state index >= 15 is 0 Å². The molecular formula is C17H26FN3O2. The summed E-state index contributed by atoms with van der Waals surface area (Å²) in [5.74, 6) is -0.282. The third-order valence-corrected chi connectivity index (χ3v) is 4.29. The van der Waals surface area contributed by atoms with Gasteiger partial charge in [-0.15, -0.1) is 0 Å². The van der Waals surface area contributed by atoms with Gasteiger partial charge in [0.25, 0.3) is 0 Å². The number of carbonyl (C=O) groups excluding carboxylic acids is 1. The van der Waals surface area contributed by atoms with Gasteiger partial charge in [0.05, 0.1) is 19.3 Å². The van der Waals surface area contributed by atoms with Gasteiger partial charge in [-0.25, -0.2) is 4.39 Å². The molecule has 23 heavy (non-hydrogen) atoms. The van der Waals surface area contributed by atoms with Crippen molar-refractivity contribution < 1.29 is 13.9 Å². The second-order valence-corrected chi connectivity index (χ2v) is 5.95. The lowest BCUT2D eigenvalue weighted by atomic mass is 10.2. The summed E-state index contributed by atoms with van der Waals surface area (Å²) in [6, 6.07) is 5.97. The molecule has 1 saturated heterocycles. The molecule has 6 heteroatoms. The van der Waals surface area contributed by atoms with E-state index in [-0.39, 0.29) is 17.8 Å². The summed E-state index contributed by atoms with van der Waals surface area (Å²) < 4.78 is 18.2. The number of amides is 1. The Kier molecular flexibility index (Phi) is 6.95. The molecule has 1 fully saturated rings. The molecule has 0 bridgehead atoms. The average Bonchev–Trinajstić information content (AvgIpc) is 2.59. The Morgan fingerprint density at radius 1 is 1.35 bits per heavy atom. The molecule has 1 amide bonds. The molecule has 1 N–H and O–H groups in total. The smallest absolute Gasteiger partial charge is 0.237 e. The van der Waals surface area contributed by atoms with Crippen molar-refractivity contribution in [1.82, 2.24) is 15.1 Å². The fraction of sp³-hybridized carbons (Fsp3) is 0.588. The summed E-state index contributed by atoms with van der Waals surface area (Å²) in [5, 5.41) is 2.90. The van der Waals surface area contributed by atoms with Crippen molar-refractivity contribution in [2.24, 2.45) is 0 Å². The van der Waals surface area contributed by atoms with E-state index in [0.29, 0.717) is 6.54 Å². The lowest BCUT2D eigenvalue weighted by Gasteiger charge is -2.30. The van der Waals surface area contributed by atoms with Crippen LogP contribution in [0.1, 0.15) is 12.5 Å². The van der Waals surface area contributed by atoms with E-state index in [2.05, 4.69) is 15.1 Å². The summed E-state index contributed by atoms with van der Waals surface area (Å²) in [7, 11) is 1.96. The van der Waals surface area contributed by atoms with Gasteiger partial charge in [-0.3, -0.25) is 14.6 Å². The molecule has 0 aliphatic carbocycles. The topological polar surface area (TPSA) is 44.8 Å². The van der Waals surface area contributed by atoms with E-state index < -0.39 is 0 Å². The maximum atomic E-state index is 12.9. The highest BCUT2D eigenvalue weighted by Crippen LogP contribution is 2.04. The zero-order valence-electron chi connectivity index (χ0n) is 13.9. The Hall–Kier alpha value is -1.50. The van der Waals surface area contributed by atoms with Crippen molar-refractivity contribution >= 4 is 5.91 Å². The van der Waals surface area contributed by atoms with Crippen LogP contribution in [0.25, 0.3) is 0 Å². The third-order valence-electron chi connectivity index (χ3n) is 4.29. The van der Waals surface area contributed by atoms with Crippen molar-refractivity contribution in [2.75, 3.05) is 46.4 Å². The van der Waals surface area contributed by atoms with Crippen LogP contribution in [0.2, 0.25) is 0 Å². The Labute approximate surface area is 137 Å². The lowest BCUT2D eigenvalue weighted by molar-refractivity contribution is -0.125. The lowest BCUT2D eigenvalue weighted by Crippen LogP contribution is -2.47. The zero-order valence-corrected chi connectivity index (χ0v) is 13.9. The highest BCUT2D eigenvalue weighted by atomic mass is 19.1. The molecular weight excluding hydrogens is 297 g/mol. The second kappa shape index (κ2) is 8.96. The summed E-state index contributed by atoms with van der Waals surface area (Å²) in [4.78, 5) is 16.6. The van der Waals surface area contributed by atoms with Crippen molar-refractivity contribution in [3.05, 3.63) is 35.6 Å². The van der Waals surface area contributed by atoms with E-state index in [1.165, 1.54) is 12.1 Å². The first-order valence-corrected chi connectivity index (χ1v) is 8.09. The molecule has 0 aromatic heterocycles. The molecule has 5 nitrogen and oxygen atoms in total. The van der Waals surface area contributed by atoms with E-state index in [0.717, 1.165) is 45.0 Å². The van der Waals surface area contributed by atoms with Gasteiger partial charge in [0.2, 0.25) is 5.91 Å². The van der Waals surface area contributed by atoms with E-state index in [9.17, 15) is 9.18 Å². The second-order valence-electron chi connectivity index (χ2n) is 5.95. The molecule has 2 rings (SSSR count). The maximum absolute atomic E-state index is 12.9. The van der Waals surface area contributed by atoms with Crippen molar-refractivity contribution in [3.63, 3.8) is 0 Å². The molecule has 0 spiro atoms. The fourth-order valence-corrected chi connectivity index (χ4v) is 2.46. The van der Waals surface area contributed by atoms with Crippen molar-refractivity contribution in [3.8, 4) is 0 Å². The Balaban J connectivity index is 1.71. The van der Waals surface area contributed by atoms with Crippen LogP contribution in [0, 0.1) is 5.82 Å². The largest absolute Gasteiger partial charge is 0.379 e. The number of nitrogens with zero attached hydrogens (tertiary/aromatic N) is 2. The van der Waals surface area contributed by atoms with Crippen molar-refractivity contribution in [2.45, 2.75) is 19.5 Å². The fourth-order valence-electron chi connectivity index (χ4n) is 2.46. The van der Waals surface area contributed by atoms with Crippen LogP contribution in [0.3, 0.4) is 0 Å². The summed E-state index contributed by atoms with van der Waals surface area (Å²) >= 11 is 0. The number of benzene rings is 1. The predicted octanol–water partition coefficient (Wildman–Crippen LogP) is 1.09. The molecule has 0 radical (unpaired) electrons. The quantitative estimate of drug-likeness (QED) is 0.816. The van der Waals surface area contributed by atoms with Gasteiger partial charge in [-0.05, 0) is 31.7 Å². The first kappa shape index (κ1) is 17.8. The Morgan fingerprint density at radius 3 is 2.65 bits per heavy atom. The zero-order chi connectivity index (χ0) is 16.7. The number of carbonyl (C=O) groups is 1. The minimum absolute atomic E-state index is 0.0150. The van der Waals surface area contributed by atoms with Crippen LogP contribution < -0.4 is 5.32 Å². The molecule has 0 unspecified atom stereocenters. The Morgan fingerprint density at radius 2 is 2.00 bits per heavy atom. The molecule has 128 valence electrons. The van der Waals surface area contributed by atoms with Gasteiger partial charge >= 0.3 is 0 Å². The average molecular weight is 323 g/mol. The number of morpholine rings is 1. The van der Waals surface area contributed by atoms with Crippen LogP contribution in [-0.2, 0) is 16.1 Å². The summed E-state index contributed by atoms with van der Waals surface area (Å²) in [5.41, 5.74) is 0.892. The Bertz CT molecular complexity index is 489. The van der Waals surface area contributed by atoms with Gasteiger partial charge in [-0.1, -0.05) is 12.1 Å². The van der Waals surface area contributed by atoms with Gasteiger partial charge in [0.15, 0.2) is 0 Å². The van der Waals surface area contributed by atoms with Gasteiger partial charge in [0.1, 0.15) is 5.82 Å². The number of halogens is 1. The van der Waals surface area contributed by atoms with E-state index in [1.54, 1.807) is 12.1 Å². The molecule has 1 atom stereocenters. The SMILES string of the molecule is C[C@H](C(=O)NCc1ccc(F)cc1)N(C)CCN1CCOCC1. The van der Waals surface area contributed by atoms with Crippen LogP contribution in [0.5, 0.6) is 0 Å². The van der Waals surface area contributed by atoms with E-state index in [1.807, 2.05) is 14.0 Å². The molecule has 1 heterocycles. The van der Waals surface area contributed by atoms with Crippen LogP contribution in [0.4, 0.5) is 4.39 Å². The standard InChI is InChI=1S/C17H26FN3O2/c1-14(20(2)7-8-21-9-11-23-12-10-21)17(22)19-13-15-3-5-16(18)6-4-15/h3-6,14H,7-13H2,1-2H3,(H,19,22)/t14-/m1/s1. The minimum atomic E-state index is -0.267. The number of hydrogen-bond donors (Lipinski definition) is 1. The predicted molar refractivity (Wildman–Crippen MR) is 87.6 cm³/mol. The first-order valence-electron chi connectivity index (χ1n) is 8.09. The molecule has 1 aliphatic rings. The number of nitrogens with one attached hydrogen (secondary N) is 1. The van der Waals surface area contributed by atoms with Gasteiger partial charge in [0, 0.05) is 32.7 Å². The van der Waals surface area contributed by atoms with E-state index in [4.69, 9.17) is 4.74 Å². The maximum Gasteiger partial charge on any atom is 0.237 e. The van der Waals surface area contributed by atoms with Crippen LogP contribution >= 0.6 is 0 Å². The van der Waals surface area contributed by atoms with Crippen LogP contribution in [-0.4, -0.2) is 68.2 Å². The van der Waals surface area contributed by atoms with Crippen LogP contribution in [0.15, 0.2) is 24.3 Å². The summed E-state index contributed by atoms with van der Waals surface area (Å²) in [6.07, 6.45) is 0. The normalized spacial score (nSPS) is 17.2. The molecule has 1 aliphatic heterocycles. The number of rotatable bonds is 7. The van der Waals surface area contributed by atoms with Gasteiger partial charge in [-0.2, -0.15) is 0 Å². The number of likely N-dealkylation sites (N-methyl/N-ethyl adjacent to an activating group) is 1.